The standard InChI is InChI=1S/C13H26N2O/c1-10(14)6-4-9-13(16)15-11(2)7-5-8-12(15)3/h10-12H,4-9,14H2,1-3H3/t10?,11-,12+. The molecule has 1 saturated heterocycles. The van der Waals surface area contributed by atoms with Crippen LogP contribution in [-0.4, -0.2) is 28.9 Å². The third-order valence-corrected chi connectivity index (χ3v) is 3.53. The predicted octanol–water partition coefficient (Wildman–Crippen LogP) is 2.29. The molecule has 2 N–H and O–H groups in total. The van der Waals surface area contributed by atoms with E-state index in [2.05, 4.69) is 18.7 Å². The van der Waals surface area contributed by atoms with Crippen LogP contribution in [0.1, 0.15) is 59.3 Å². The normalized spacial score (nSPS) is 27.9. The summed E-state index contributed by atoms with van der Waals surface area (Å²) in [4.78, 5) is 14.2. The second-order valence-electron chi connectivity index (χ2n) is 5.30. The molecule has 1 aliphatic rings. The quantitative estimate of drug-likeness (QED) is 0.799. The highest BCUT2D eigenvalue weighted by molar-refractivity contribution is 5.76. The molecule has 3 heteroatoms. The second-order valence-corrected chi connectivity index (χ2v) is 5.30. The summed E-state index contributed by atoms with van der Waals surface area (Å²) >= 11 is 0. The number of nitrogens with zero attached hydrogens (tertiary/aromatic N) is 1. The van der Waals surface area contributed by atoms with Crippen LogP contribution in [0.2, 0.25) is 0 Å². The third kappa shape index (κ3) is 3.78. The van der Waals surface area contributed by atoms with Crippen LogP contribution < -0.4 is 5.73 Å². The molecule has 0 aromatic rings. The van der Waals surface area contributed by atoms with E-state index in [1.807, 2.05) is 6.92 Å². The van der Waals surface area contributed by atoms with Gasteiger partial charge in [-0.3, -0.25) is 4.79 Å². The number of amides is 1. The number of nitrogens with two attached hydrogens (primary N) is 1. The first kappa shape index (κ1) is 13.5. The summed E-state index contributed by atoms with van der Waals surface area (Å²) in [6.45, 7) is 6.33. The van der Waals surface area contributed by atoms with Crippen molar-refractivity contribution in [3.05, 3.63) is 0 Å². The first-order chi connectivity index (χ1) is 7.52. The van der Waals surface area contributed by atoms with E-state index in [4.69, 9.17) is 5.73 Å². The molecule has 0 bridgehead atoms. The van der Waals surface area contributed by atoms with Gasteiger partial charge >= 0.3 is 0 Å². The zero-order valence-electron chi connectivity index (χ0n) is 10.9. The smallest absolute Gasteiger partial charge is 0.223 e. The number of rotatable bonds is 4. The van der Waals surface area contributed by atoms with Crippen LogP contribution in [0, 0.1) is 0 Å². The van der Waals surface area contributed by atoms with Crippen molar-refractivity contribution in [1.82, 2.24) is 4.90 Å². The van der Waals surface area contributed by atoms with Crippen LogP contribution in [0.25, 0.3) is 0 Å². The lowest BCUT2D eigenvalue weighted by Gasteiger charge is -2.39. The molecule has 0 radical (unpaired) electrons. The minimum atomic E-state index is 0.212. The number of likely N-dealkylation sites (tertiary alicyclic amines) is 1. The maximum absolute atomic E-state index is 12.1. The zero-order valence-corrected chi connectivity index (χ0v) is 10.9. The number of piperidine rings is 1. The first-order valence-corrected chi connectivity index (χ1v) is 6.59. The fourth-order valence-electron chi connectivity index (χ4n) is 2.62. The lowest BCUT2D eigenvalue weighted by Crippen LogP contribution is -2.47. The molecule has 94 valence electrons. The molecule has 3 atom stereocenters. The Morgan fingerprint density at radius 1 is 1.38 bits per heavy atom. The molecule has 1 unspecified atom stereocenters. The van der Waals surface area contributed by atoms with Gasteiger partial charge in [0, 0.05) is 24.5 Å². The molecule has 1 aliphatic heterocycles. The highest BCUT2D eigenvalue weighted by Crippen LogP contribution is 2.23. The fourth-order valence-corrected chi connectivity index (χ4v) is 2.62. The summed E-state index contributed by atoms with van der Waals surface area (Å²) in [7, 11) is 0. The van der Waals surface area contributed by atoms with Crippen molar-refractivity contribution in [2.45, 2.75) is 77.4 Å². The van der Waals surface area contributed by atoms with Crippen molar-refractivity contribution in [2.75, 3.05) is 0 Å². The second kappa shape index (κ2) is 6.24. The van der Waals surface area contributed by atoms with Gasteiger partial charge in [-0.25, -0.2) is 0 Å². The van der Waals surface area contributed by atoms with E-state index in [-0.39, 0.29) is 6.04 Å². The maximum Gasteiger partial charge on any atom is 0.223 e. The molecule has 1 fully saturated rings. The minimum Gasteiger partial charge on any atom is -0.337 e. The monoisotopic (exact) mass is 226 g/mol. The van der Waals surface area contributed by atoms with Gasteiger partial charge in [0.15, 0.2) is 0 Å². The van der Waals surface area contributed by atoms with Gasteiger partial charge in [-0.2, -0.15) is 0 Å². The van der Waals surface area contributed by atoms with Crippen LogP contribution >= 0.6 is 0 Å². The Kier molecular flexibility index (Phi) is 5.26. The van der Waals surface area contributed by atoms with Gasteiger partial charge in [0.25, 0.3) is 0 Å². The van der Waals surface area contributed by atoms with Crippen LogP contribution in [0.15, 0.2) is 0 Å². The number of hydrogen-bond donors (Lipinski definition) is 1. The van der Waals surface area contributed by atoms with E-state index in [9.17, 15) is 4.79 Å². The highest BCUT2D eigenvalue weighted by Gasteiger charge is 2.28. The summed E-state index contributed by atoms with van der Waals surface area (Å²) in [6, 6.07) is 1.06. The largest absolute Gasteiger partial charge is 0.337 e. The van der Waals surface area contributed by atoms with Gasteiger partial charge in [-0.1, -0.05) is 0 Å². The van der Waals surface area contributed by atoms with Crippen LogP contribution in [0.4, 0.5) is 0 Å². The molecule has 16 heavy (non-hydrogen) atoms. The van der Waals surface area contributed by atoms with Crippen molar-refractivity contribution in [1.29, 1.82) is 0 Å². The predicted molar refractivity (Wildman–Crippen MR) is 67.1 cm³/mol. The summed E-state index contributed by atoms with van der Waals surface area (Å²) < 4.78 is 0. The van der Waals surface area contributed by atoms with E-state index in [1.54, 1.807) is 0 Å². The van der Waals surface area contributed by atoms with Gasteiger partial charge in [0.2, 0.25) is 5.91 Å². The van der Waals surface area contributed by atoms with Gasteiger partial charge in [-0.15, -0.1) is 0 Å². The number of carbonyl (C=O) groups is 1. The molecule has 1 amide bonds. The molecule has 1 rings (SSSR count). The number of hydrogen-bond acceptors (Lipinski definition) is 2. The van der Waals surface area contributed by atoms with Gasteiger partial charge in [-0.05, 0) is 52.9 Å². The summed E-state index contributed by atoms with van der Waals surface area (Å²) in [5.41, 5.74) is 5.69. The maximum atomic E-state index is 12.1. The lowest BCUT2D eigenvalue weighted by molar-refractivity contribution is -0.137. The Bertz CT molecular complexity index is 218. The third-order valence-electron chi connectivity index (χ3n) is 3.53. The molecule has 0 aliphatic carbocycles. The Hall–Kier alpha value is -0.570. The van der Waals surface area contributed by atoms with Crippen molar-refractivity contribution in [2.24, 2.45) is 5.73 Å². The first-order valence-electron chi connectivity index (χ1n) is 6.59. The average molecular weight is 226 g/mol. The van der Waals surface area contributed by atoms with Crippen molar-refractivity contribution in [3.63, 3.8) is 0 Å². The molecule has 0 saturated carbocycles. The van der Waals surface area contributed by atoms with Gasteiger partial charge < -0.3 is 10.6 Å². The molecule has 0 spiro atoms. The fraction of sp³-hybridized carbons (Fsp3) is 0.923. The van der Waals surface area contributed by atoms with Crippen molar-refractivity contribution in [3.8, 4) is 0 Å². The molecule has 0 aromatic heterocycles. The molecular formula is C13H26N2O. The van der Waals surface area contributed by atoms with E-state index >= 15 is 0 Å². The van der Waals surface area contributed by atoms with E-state index < -0.39 is 0 Å². The summed E-state index contributed by atoms with van der Waals surface area (Å²) in [6.07, 6.45) is 6.10. The Morgan fingerprint density at radius 2 is 1.94 bits per heavy atom. The van der Waals surface area contributed by atoms with Gasteiger partial charge in [0.05, 0.1) is 0 Å². The Balaban J connectivity index is 2.39. The molecule has 3 nitrogen and oxygen atoms in total. The zero-order chi connectivity index (χ0) is 12.1. The lowest BCUT2D eigenvalue weighted by atomic mass is 9.96. The molecule has 1 heterocycles. The Morgan fingerprint density at radius 3 is 2.44 bits per heavy atom. The van der Waals surface area contributed by atoms with Crippen LogP contribution in [-0.2, 0) is 4.79 Å². The highest BCUT2D eigenvalue weighted by atomic mass is 16.2. The minimum absolute atomic E-state index is 0.212. The van der Waals surface area contributed by atoms with E-state index in [0.717, 1.165) is 25.7 Å². The van der Waals surface area contributed by atoms with E-state index in [1.165, 1.54) is 6.42 Å². The Labute approximate surface area is 99.4 Å². The van der Waals surface area contributed by atoms with E-state index in [0.29, 0.717) is 24.4 Å². The summed E-state index contributed by atoms with van der Waals surface area (Å²) in [5.74, 6) is 0.320. The topological polar surface area (TPSA) is 46.3 Å². The molecular weight excluding hydrogens is 200 g/mol. The number of carbonyl (C=O) groups excluding carboxylic acids is 1. The van der Waals surface area contributed by atoms with Gasteiger partial charge in [0.1, 0.15) is 0 Å². The summed E-state index contributed by atoms with van der Waals surface area (Å²) in [5, 5.41) is 0. The van der Waals surface area contributed by atoms with Crippen molar-refractivity contribution >= 4 is 5.91 Å². The van der Waals surface area contributed by atoms with Crippen LogP contribution in [0.3, 0.4) is 0 Å². The molecule has 0 aromatic carbocycles. The van der Waals surface area contributed by atoms with Crippen molar-refractivity contribution < 1.29 is 4.79 Å². The SMILES string of the molecule is CC(N)CCCC(=O)N1[C@H](C)CCC[C@@H]1C. The average Bonchev–Trinajstić information content (AvgIpc) is 2.16. The van der Waals surface area contributed by atoms with Crippen LogP contribution in [0.5, 0.6) is 0 Å².